The van der Waals surface area contributed by atoms with E-state index in [9.17, 15) is 9.18 Å². The van der Waals surface area contributed by atoms with E-state index >= 15 is 0 Å². The molecule has 0 N–H and O–H groups in total. The molecule has 8 heteroatoms. The van der Waals surface area contributed by atoms with Gasteiger partial charge in [0.15, 0.2) is 0 Å². The molecule has 27 heavy (non-hydrogen) atoms. The number of rotatable bonds is 4. The summed E-state index contributed by atoms with van der Waals surface area (Å²) in [4.78, 5) is 16.7. The summed E-state index contributed by atoms with van der Waals surface area (Å²) in [6, 6.07) is 6.51. The van der Waals surface area contributed by atoms with E-state index < -0.39 is 0 Å². The molecule has 7 nitrogen and oxygen atoms in total. The highest BCUT2D eigenvalue weighted by molar-refractivity contribution is 5.79. The predicted molar refractivity (Wildman–Crippen MR) is 101 cm³/mol. The number of fused-ring (bicyclic) bond motifs is 1. The van der Waals surface area contributed by atoms with Crippen molar-refractivity contribution in [2.45, 2.75) is 19.9 Å². The minimum Gasteiger partial charge on any atom is -0.368 e. The smallest absolute Gasteiger partial charge is 0.224 e. The molecule has 1 aromatic carbocycles. The maximum absolute atomic E-state index is 13.1. The van der Waals surface area contributed by atoms with Crippen molar-refractivity contribution in [1.29, 1.82) is 0 Å². The third-order valence-corrected chi connectivity index (χ3v) is 5.17. The SMILES string of the molecule is Cc1nn(C)c2cnn(CCC(=O)N3CCN(c4ccc(F)cc4)CC3)c12. The Labute approximate surface area is 157 Å². The van der Waals surface area contributed by atoms with E-state index in [1.165, 1.54) is 12.1 Å². The average Bonchev–Trinajstić information content (AvgIpc) is 3.22. The number of amides is 1. The zero-order valence-corrected chi connectivity index (χ0v) is 15.6. The molecular formula is C19H23FN6O. The number of hydrogen-bond acceptors (Lipinski definition) is 4. The molecule has 0 unspecified atom stereocenters. The highest BCUT2D eigenvalue weighted by Crippen LogP contribution is 2.19. The summed E-state index contributed by atoms with van der Waals surface area (Å²) in [5.41, 5.74) is 3.89. The van der Waals surface area contributed by atoms with Crippen LogP contribution in [0.25, 0.3) is 11.0 Å². The highest BCUT2D eigenvalue weighted by Gasteiger charge is 2.21. The Morgan fingerprint density at radius 1 is 1.15 bits per heavy atom. The number of carbonyl (C=O) groups is 1. The first kappa shape index (κ1) is 17.5. The van der Waals surface area contributed by atoms with Crippen LogP contribution in [-0.4, -0.2) is 56.5 Å². The van der Waals surface area contributed by atoms with Crippen LogP contribution in [-0.2, 0) is 18.4 Å². The lowest BCUT2D eigenvalue weighted by Gasteiger charge is -2.36. The van der Waals surface area contributed by atoms with Crippen molar-refractivity contribution in [1.82, 2.24) is 24.5 Å². The Balaban J connectivity index is 1.33. The number of anilines is 1. The van der Waals surface area contributed by atoms with Gasteiger partial charge in [-0.3, -0.25) is 14.2 Å². The van der Waals surface area contributed by atoms with E-state index in [1.54, 1.807) is 18.3 Å². The third kappa shape index (κ3) is 3.39. The van der Waals surface area contributed by atoms with Gasteiger partial charge in [0, 0.05) is 45.3 Å². The zero-order valence-electron chi connectivity index (χ0n) is 15.6. The largest absolute Gasteiger partial charge is 0.368 e. The van der Waals surface area contributed by atoms with Gasteiger partial charge < -0.3 is 9.80 Å². The number of aromatic nitrogens is 4. The molecule has 3 heterocycles. The molecule has 0 bridgehead atoms. The lowest BCUT2D eigenvalue weighted by Crippen LogP contribution is -2.49. The Kier molecular flexibility index (Phi) is 4.55. The maximum atomic E-state index is 13.1. The van der Waals surface area contributed by atoms with Gasteiger partial charge in [0.2, 0.25) is 5.91 Å². The van der Waals surface area contributed by atoms with Gasteiger partial charge in [-0.15, -0.1) is 0 Å². The summed E-state index contributed by atoms with van der Waals surface area (Å²) >= 11 is 0. The number of halogens is 1. The molecule has 0 spiro atoms. The van der Waals surface area contributed by atoms with Gasteiger partial charge in [0.1, 0.15) is 16.9 Å². The predicted octanol–water partition coefficient (Wildman–Crippen LogP) is 1.96. The van der Waals surface area contributed by atoms with E-state index in [0.29, 0.717) is 26.1 Å². The topological polar surface area (TPSA) is 59.2 Å². The lowest BCUT2D eigenvalue weighted by atomic mass is 10.2. The average molecular weight is 370 g/mol. The van der Waals surface area contributed by atoms with Crippen molar-refractivity contribution in [3.8, 4) is 0 Å². The summed E-state index contributed by atoms with van der Waals surface area (Å²) in [6.45, 7) is 5.37. The fourth-order valence-electron chi connectivity index (χ4n) is 3.71. The molecule has 142 valence electrons. The van der Waals surface area contributed by atoms with E-state index in [-0.39, 0.29) is 11.7 Å². The van der Waals surface area contributed by atoms with Crippen molar-refractivity contribution < 1.29 is 9.18 Å². The van der Waals surface area contributed by atoms with Crippen LogP contribution in [0.3, 0.4) is 0 Å². The van der Waals surface area contributed by atoms with Crippen LogP contribution in [0, 0.1) is 12.7 Å². The van der Waals surface area contributed by atoms with Crippen LogP contribution in [0.15, 0.2) is 30.5 Å². The van der Waals surface area contributed by atoms with Crippen molar-refractivity contribution in [2.24, 2.45) is 7.05 Å². The van der Waals surface area contributed by atoms with E-state index in [2.05, 4.69) is 15.1 Å². The molecule has 3 aromatic rings. The number of nitrogens with zero attached hydrogens (tertiary/aromatic N) is 6. The molecule has 1 fully saturated rings. The van der Waals surface area contributed by atoms with E-state index in [0.717, 1.165) is 35.5 Å². The first-order valence-electron chi connectivity index (χ1n) is 9.16. The monoisotopic (exact) mass is 370 g/mol. The molecule has 0 saturated carbocycles. The molecular weight excluding hydrogens is 347 g/mol. The van der Waals surface area contributed by atoms with Crippen molar-refractivity contribution in [3.63, 3.8) is 0 Å². The molecule has 1 aliphatic heterocycles. The van der Waals surface area contributed by atoms with Crippen LogP contribution in [0.1, 0.15) is 12.1 Å². The van der Waals surface area contributed by atoms with Gasteiger partial charge in [0.05, 0.1) is 18.4 Å². The Hall–Kier alpha value is -2.90. The normalized spacial score (nSPS) is 14.9. The van der Waals surface area contributed by atoms with Gasteiger partial charge in [0.25, 0.3) is 0 Å². The Bertz CT molecular complexity index is 953. The van der Waals surface area contributed by atoms with Gasteiger partial charge >= 0.3 is 0 Å². The summed E-state index contributed by atoms with van der Waals surface area (Å²) in [7, 11) is 1.90. The standard InChI is InChI=1S/C19H23FN6O/c1-14-19-17(23(2)22-14)13-21-26(19)8-7-18(27)25-11-9-24(10-12-25)16-5-3-15(20)4-6-16/h3-6,13H,7-12H2,1-2H3. The second-order valence-corrected chi connectivity index (χ2v) is 6.90. The quantitative estimate of drug-likeness (QED) is 0.704. The summed E-state index contributed by atoms with van der Waals surface area (Å²) in [5.74, 6) is -0.0944. The van der Waals surface area contributed by atoms with Crippen LogP contribution >= 0.6 is 0 Å². The van der Waals surface area contributed by atoms with Gasteiger partial charge in [-0.05, 0) is 31.2 Å². The van der Waals surface area contributed by atoms with Gasteiger partial charge in [-0.25, -0.2) is 4.39 Å². The van der Waals surface area contributed by atoms with Crippen molar-refractivity contribution >= 4 is 22.6 Å². The minimum absolute atomic E-state index is 0.138. The zero-order chi connectivity index (χ0) is 19.0. The van der Waals surface area contributed by atoms with Gasteiger partial charge in [-0.2, -0.15) is 10.2 Å². The van der Waals surface area contributed by atoms with Crippen molar-refractivity contribution in [2.75, 3.05) is 31.1 Å². The first-order chi connectivity index (χ1) is 13.0. The molecule has 1 aliphatic rings. The fourth-order valence-corrected chi connectivity index (χ4v) is 3.71. The summed E-state index contributed by atoms with van der Waals surface area (Å²) in [5, 5.41) is 8.80. The Morgan fingerprint density at radius 2 is 1.85 bits per heavy atom. The fraction of sp³-hybridized carbons (Fsp3) is 0.421. The van der Waals surface area contributed by atoms with Crippen LogP contribution in [0.4, 0.5) is 10.1 Å². The Morgan fingerprint density at radius 3 is 2.56 bits per heavy atom. The maximum Gasteiger partial charge on any atom is 0.224 e. The molecule has 1 saturated heterocycles. The number of hydrogen-bond donors (Lipinski definition) is 0. The van der Waals surface area contributed by atoms with E-state index in [1.807, 2.05) is 28.2 Å². The molecule has 2 aromatic heterocycles. The van der Waals surface area contributed by atoms with Crippen molar-refractivity contribution in [3.05, 3.63) is 42.0 Å². The van der Waals surface area contributed by atoms with Crippen LogP contribution in [0.2, 0.25) is 0 Å². The summed E-state index contributed by atoms with van der Waals surface area (Å²) in [6.07, 6.45) is 2.21. The highest BCUT2D eigenvalue weighted by atomic mass is 19.1. The number of piperazine rings is 1. The molecule has 0 aliphatic carbocycles. The van der Waals surface area contributed by atoms with E-state index in [4.69, 9.17) is 0 Å². The van der Waals surface area contributed by atoms with Crippen LogP contribution in [0.5, 0.6) is 0 Å². The molecule has 1 amide bonds. The number of aryl methyl sites for hydroxylation is 3. The second kappa shape index (κ2) is 7.02. The molecule has 4 rings (SSSR count). The third-order valence-electron chi connectivity index (χ3n) is 5.17. The van der Waals surface area contributed by atoms with Crippen LogP contribution < -0.4 is 4.90 Å². The molecule has 0 atom stereocenters. The molecule has 0 radical (unpaired) electrons. The first-order valence-corrected chi connectivity index (χ1v) is 9.16. The summed E-state index contributed by atoms with van der Waals surface area (Å²) < 4.78 is 16.7. The number of carbonyl (C=O) groups excluding carboxylic acids is 1. The second-order valence-electron chi connectivity index (χ2n) is 6.90. The van der Waals surface area contributed by atoms with Gasteiger partial charge in [-0.1, -0.05) is 0 Å². The lowest BCUT2D eigenvalue weighted by molar-refractivity contribution is -0.131. The number of benzene rings is 1. The minimum atomic E-state index is -0.232.